The second-order valence-corrected chi connectivity index (χ2v) is 7.53. The van der Waals surface area contributed by atoms with Crippen LogP contribution in [0.5, 0.6) is 11.5 Å². The summed E-state index contributed by atoms with van der Waals surface area (Å²) in [7, 11) is 0. The Morgan fingerprint density at radius 2 is 1.91 bits per heavy atom. The minimum Gasteiger partial charge on any atom is -0.454 e. The number of nitrogens with zero attached hydrogens (tertiary/aromatic N) is 6. The van der Waals surface area contributed by atoms with Crippen molar-refractivity contribution in [2.75, 3.05) is 33.0 Å². The van der Waals surface area contributed by atoms with Gasteiger partial charge in [0.1, 0.15) is 5.82 Å². The van der Waals surface area contributed by atoms with Crippen LogP contribution >= 0.6 is 0 Å². The first-order valence-electron chi connectivity index (χ1n) is 10.3. The predicted molar refractivity (Wildman–Crippen MR) is 113 cm³/mol. The molecular formula is C22H21FN6O3. The van der Waals surface area contributed by atoms with Crippen molar-refractivity contribution in [3.05, 3.63) is 65.7 Å². The van der Waals surface area contributed by atoms with Gasteiger partial charge in [0.25, 0.3) is 0 Å². The fourth-order valence-corrected chi connectivity index (χ4v) is 3.73. The number of halogens is 1. The average molecular weight is 436 g/mol. The summed E-state index contributed by atoms with van der Waals surface area (Å²) in [5.74, 6) is 1.65. The highest BCUT2D eigenvalue weighted by Crippen LogP contribution is 2.32. The Balaban J connectivity index is 1.16. The summed E-state index contributed by atoms with van der Waals surface area (Å²) < 4.78 is 25.8. The summed E-state index contributed by atoms with van der Waals surface area (Å²) in [5, 5.41) is 11.8. The molecule has 1 amide bonds. The molecule has 3 aromatic rings. The fraction of sp³-hybridized carbons (Fsp3) is 0.273. The molecule has 0 radical (unpaired) electrons. The lowest BCUT2D eigenvalue weighted by Crippen LogP contribution is -2.48. The summed E-state index contributed by atoms with van der Waals surface area (Å²) in [6.07, 6.45) is 3.36. The van der Waals surface area contributed by atoms with Crippen LogP contribution in [0.4, 0.5) is 4.39 Å². The maximum Gasteiger partial charge on any atom is 0.246 e. The van der Waals surface area contributed by atoms with E-state index in [9.17, 15) is 9.18 Å². The van der Waals surface area contributed by atoms with E-state index in [0.717, 1.165) is 5.56 Å². The van der Waals surface area contributed by atoms with E-state index in [2.05, 4.69) is 20.4 Å². The zero-order chi connectivity index (χ0) is 21.9. The van der Waals surface area contributed by atoms with E-state index >= 15 is 0 Å². The number of tetrazole rings is 1. The lowest BCUT2D eigenvalue weighted by molar-refractivity contribution is -0.127. The largest absolute Gasteiger partial charge is 0.454 e. The third-order valence-corrected chi connectivity index (χ3v) is 5.45. The van der Waals surface area contributed by atoms with Crippen LogP contribution in [0.25, 0.3) is 11.8 Å². The summed E-state index contributed by atoms with van der Waals surface area (Å²) in [5.41, 5.74) is 1.46. The van der Waals surface area contributed by atoms with Crippen LogP contribution in [0.15, 0.2) is 48.5 Å². The van der Waals surface area contributed by atoms with E-state index in [-0.39, 0.29) is 18.5 Å². The molecule has 0 atom stereocenters. The molecule has 2 aromatic carbocycles. The minimum atomic E-state index is -0.343. The first-order chi connectivity index (χ1) is 15.7. The van der Waals surface area contributed by atoms with Gasteiger partial charge >= 0.3 is 0 Å². The van der Waals surface area contributed by atoms with Gasteiger partial charge in [-0.05, 0) is 52.4 Å². The average Bonchev–Trinajstić information content (AvgIpc) is 3.47. The van der Waals surface area contributed by atoms with Gasteiger partial charge in [-0.1, -0.05) is 12.1 Å². The highest BCUT2D eigenvalue weighted by atomic mass is 19.1. The second kappa shape index (κ2) is 8.75. The van der Waals surface area contributed by atoms with Gasteiger partial charge in [-0.15, -0.1) is 5.10 Å². The molecule has 10 heteroatoms. The molecule has 5 rings (SSSR count). The van der Waals surface area contributed by atoms with Crippen molar-refractivity contribution in [2.45, 2.75) is 6.54 Å². The van der Waals surface area contributed by atoms with E-state index in [1.165, 1.54) is 16.8 Å². The van der Waals surface area contributed by atoms with Crippen LogP contribution in [0.3, 0.4) is 0 Å². The Kier molecular flexibility index (Phi) is 5.51. The molecule has 0 aliphatic carbocycles. The SMILES string of the molecule is O=C(C=Cc1ccc2c(c1)OCO2)N1CCN(Cc2nnnn2-c2cccc(F)c2)CC1. The first-order valence-corrected chi connectivity index (χ1v) is 10.3. The molecule has 0 N–H and O–H groups in total. The second-order valence-electron chi connectivity index (χ2n) is 7.53. The quantitative estimate of drug-likeness (QED) is 0.565. The smallest absolute Gasteiger partial charge is 0.246 e. The maximum absolute atomic E-state index is 13.6. The fourth-order valence-electron chi connectivity index (χ4n) is 3.73. The number of hydrogen-bond donors (Lipinski definition) is 0. The zero-order valence-electron chi connectivity index (χ0n) is 17.2. The van der Waals surface area contributed by atoms with E-state index in [4.69, 9.17) is 9.47 Å². The van der Waals surface area contributed by atoms with Crippen molar-refractivity contribution in [2.24, 2.45) is 0 Å². The number of benzene rings is 2. The maximum atomic E-state index is 13.6. The predicted octanol–water partition coefficient (Wildman–Crippen LogP) is 1.89. The van der Waals surface area contributed by atoms with Crippen molar-refractivity contribution in [1.82, 2.24) is 30.0 Å². The Morgan fingerprint density at radius 3 is 2.75 bits per heavy atom. The monoisotopic (exact) mass is 436 g/mol. The molecule has 1 saturated heterocycles. The van der Waals surface area contributed by atoms with Crippen molar-refractivity contribution < 1.29 is 18.7 Å². The number of carbonyl (C=O) groups is 1. The Morgan fingerprint density at radius 1 is 1.06 bits per heavy atom. The topological polar surface area (TPSA) is 85.6 Å². The van der Waals surface area contributed by atoms with Crippen LogP contribution in [0, 0.1) is 5.82 Å². The molecule has 9 nitrogen and oxygen atoms in total. The standard InChI is InChI=1S/C22H21FN6O3/c23-17-2-1-3-18(13-17)29-21(24-25-26-29)14-27-8-10-28(11-9-27)22(30)7-5-16-4-6-19-20(12-16)32-15-31-19/h1-7,12-13H,8-11,14-15H2. The van der Waals surface area contributed by atoms with Gasteiger partial charge in [-0.25, -0.2) is 4.39 Å². The van der Waals surface area contributed by atoms with Gasteiger partial charge in [0.15, 0.2) is 17.3 Å². The van der Waals surface area contributed by atoms with Gasteiger partial charge < -0.3 is 14.4 Å². The van der Waals surface area contributed by atoms with E-state index < -0.39 is 0 Å². The summed E-state index contributed by atoms with van der Waals surface area (Å²) in [6, 6.07) is 11.7. The van der Waals surface area contributed by atoms with Gasteiger partial charge in [0.05, 0.1) is 12.2 Å². The number of amides is 1. The number of hydrogen-bond acceptors (Lipinski definition) is 7. The van der Waals surface area contributed by atoms with Crippen molar-refractivity contribution in [3.8, 4) is 17.2 Å². The zero-order valence-corrected chi connectivity index (χ0v) is 17.2. The number of piperazine rings is 1. The highest BCUT2D eigenvalue weighted by molar-refractivity contribution is 5.92. The van der Waals surface area contributed by atoms with E-state index in [0.29, 0.717) is 55.7 Å². The Labute approximate surface area is 183 Å². The third-order valence-electron chi connectivity index (χ3n) is 5.45. The molecule has 1 fully saturated rings. The molecule has 0 spiro atoms. The normalized spacial score (nSPS) is 16.1. The number of carbonyl (C=O) groups excluding carboxylic acids is 1. The highest BCUT2D eigenvalue weighted by Gasteiger charge is 2.22. The van der Waals surface area contributed by atoms with E-state index in [1.807, 2.05) is 23.1 Å². The van der Waals surface area contributed by atoms with Crippen LogP contribution in [0.2, 0.25) is 0 Å². The number of aromatic nitrogens is 4. The molecule has 3 heterocycles. The number of fused-ring (bicyclic) bond motifs is 1. The molecular weight excluding hydrogens is 415 g/mol. The van der Waals surface area contributed by atoms with Crippen LogP contribution in [-0.2, 0) is 11.3 Å². The third kappa shape index (κ3) is 4.30. The molecule has 2 aliphatic heterocycles. The van der Waals surface area contributed by atoms with Gasteiger partial charge in [-0.2, -0.15) is 4.68 Å². The summed E-state index contributed by atoms with van der Waals surface area (Å²) >= 11 is 0. The lowest BCUT2D eigenvalue weighted by atomic mass is 10.2. The number of ether oxygens (including phenoxy) is 2. The molecule has 0 bridgehead atoms. The van der Waals surface area contributed by atoms with Gasteiger partial charge in [-0.3, -0.25) is 9.69 Å². The van der Waals surface area contributed by atoms with Crippen LogP contribution < -0.4 is 9.47 Å². The molecule has 32 heavy (non-hydrogen) atoms. The van der Waals surface area contributed by atoms with Gasteiger partial charge in [0.2, 0.25) is 12.7 Å². The molecule has 164 valence electrons. The minimum absolute atomic E-state index is 0.0353. The Bertz CT molecular complexity index is 1160. The molecule has 0 unspecified atom stereocenters. The number of rotatable bonds is 5. The summed E-state index contributed by atoms with van der Waals surface area (Å²) in [4.78, 5) is 16.6. The lowest BCUT2D eigenvalue weighted by Gasteiger charge is -2.33. The van der Waals surface area contributed by atoms with Crippen molar-refractivity contribution >= 4 is 12.0 Å². The van der Waals surface area contributed by atoms with Crippen LogP contribution in [-0.4, -0.2) is 68.9 Å². The van der Waals surface area contributed by atoms with Crippen LogP contribution in [0.1, 0.15) is 11.4 Å². The van der Waals surface area contributed by atoms with Crippen molar-refractivity contribution in [1.29, 1.82) is 0 Å². The Hall–Kier alpha value is -3.79. The summed E-state index contributed by atoms with van der Waals surface area (Å²) in [6.45, 7) is 3.33. The van der Waals surface area contributed by atoms with Gasteiger partial charge in [0, 0.05) is 32.3 Å². The first kappa shape index (κ1) is 20.1. The van der Waals surface area contributed by atoms with E-state index in [1.54, 1.807) is 24.3 Å². The molecule has 1 aromatic heterocycles. The molecule has 0 saturated carbocycles. The molecule has 2 aliphatic rings. The van der Waals surface area contributed by atoms with Crippen molar-refractivity contribution in [3.63, 3.8) is 0 Å².